The fourth-order valence-electron chi connectivity index (χ4n) is 2.21. The standard InChI is InChI=1S/C15H21NO3/c1-10(16-15(17)11-5-4-6-11)12-7-8-13(18-2)14(9-12)19-3/h7-11H,4-6H2,1-3H3,(H,16,17). The van der Waals surface area contributed by atoms with E-state index in [0.717, 1.165) is 18.4 Å². The number of benzene rings is 1. The molecule has 0 radical (unpaired) electrons. The molecule has 0 aromatic heterocycles. The molecule has 1 N–H and O–H groups in total. The molecular formula is C15H21NO3. The maximum absolute atomic E-state index is 11.9. The largest absolute Gasteiger partial charge is 0.493 e. The minimum absolute atomic E-state index is 0.0205. The molecule has 4 heteroatoms. The summed E-state index contributed by atoms with van der Waals surface area (Å²) in [6, 6.07) is 5.70. The van der Waals surface area contributed by atoms with Gasteiger partial charge < -0.3 is 14.8 Å². The quantitative estimate of drug-likeness (QED) is 0.888. The zero-order valence-electron chi connectivity index (χ0n) is 11.7. The molecule has 1 saturated carbocycles. The van der Waals surface area contributed by atoms with Gasteiger partial charge in [-0.2, -0.15) is 0 Å². The molecule has 1 unspecified atom stereocenters. The minimum Gasteiger partial charge on any atom is -0.493 e. The Morgan fingerprint density at radius 3 is 2.47 bits per heavy atom. The number of nitrogens with one attached hydrogen (secondary N) is 1. The first-order valence-electron chi connectivity index (χ1n) is 6.68. The number of hydrogen-bond acceptors (Lipinski definition) is 3. The van der Waals surface area contributed by atoms with Crippen LogP contribution in [0.25, 0.3) is 0 Å². The van der Waals surface area contributed by atoms with Crippen molar-refractivity contribution in [3.05, 3.63) is 23.8 Å². The van der Waals surface area contributed by atoms with Gasteiger partial charge in [-0.1, -0.05) is 12.5 Å². The zero-order valence-corrected chi connectivity index (χ0v) is 11.7. The Labute approximate surface area is 114 Å². The van der Waals surface area contributed by atoms with E-state index in [4.69, 9.17) is 9.47 Å². The second-order valence-electron chi connectivity index (χ2n) is 4.97. The Bertz CT molecular complexity index is 455. The highest BCUT2D eigenvalue weighted by molar-refractivity contribution is 5.79. The van der Waals surface area contributed by atoms with Crippen LogP contribution in [0, 0.1) is 5.92 Å². The van der Waals surface area contributed by atoms with Crippen molar-refractivity contribution in [3.8, 4) is 11.5 Å². The van der Waals surface area contributed by atoms with Crippen molar-refractivity contribution >= 4 is 5.91 Å². The van der Waals surface area contributed by atoms with Crippen molar-refractivity contribution in [1.29, 1.82) is 0 Å². The molecule has 2 rings (SSSR count). The third kappa shape index (κ3) is 3.00. The van der Waals surface area contributed by atoms with Gasteiger partial charge in [0.1, 0.15) is 0 Å². The second kappa shape index (κ2) is 5.95. The van der Waals surface area contributed by atoms with E-state index in [1.807, 2.05) is 25.1 Å². The zero-order chi connectivity index (χ0) is 13.8. The summed E-state index contributed by atoms with van der Waals surface area (Å²) in [6.07, 6.45) is 3.21. The summed E-state index contributed by atoms with van der Waals surface area (Å²) in [5.41, 5.74) is 1.02. The summed E-state index contributed by atoms with van der Waals surface area (Å²) < 4.78 is 10.5. The summed E-state index contributed by atoms with van der Waals surface area (Å²) in [7, 11) is 3.22. The number of methoxy groups -OCH3 is 2. The molecule has 19 heavy (non-hydrogen) atoms. The van der Waals surface area contributed by atoms with E-state index in [0.29, 0.717) is 11.5 Å². The number of rotatable bonds is 5. The smallest absolute Gasteiger partial charge is 0.223 e. The lowest BCUT2D eigenvalue weighted by Gasteiger charge is -2.26. The van der Waals surface area contributed by atoms with E-state index < -0.39 is 0 Å². The van der Waals surface area contributed by atoms with E-state index in [9.17, 15) is 4.79 Å². The first-order chi connectivity index (χ1) is 9.15. The average molecular weight is 263 g/mol. The summed E-state index contributed by atoms with van der Waals surface area (Å²) in [5.74, 6) is 1.75. The fraction of sp³-hybridized carbons (Fsp3) is 0.533. The van der Waals surface area contributed by atoms with E-state index in [2.05, 4.69) is 5.32 Å². The van der Waals surface area contributed by atoms with Crippen molar-refractivity contribution in [2.75, 3.05) is 14.2 Å². The van der Waals surface area contributed by atoms with E-state index in [-0.39, 0.29) is 17.9 Å². The van der Waals surface area contributed by atoms with Gasteiger partial charge in [-0.05, 0) is 37.5 Å². The van der Waals surface area contributed by atoms with Gasteiger partial charge in [0, 0.05) is 5.92 Å². The van der Waals surface area contributed by atoms with Gasteiger partial charge in [0.25, 0.3) is 0 Å². The molecule has 1 atom stereocenters. The monoisotopic (exact) mass is 263 g/mol. The van der Waals surface area contributed by atoms with Crippen molar-refractivity contribution < 1.29 is 14.3 Å². The molecule has 1 aliphatic carbocycles. The van der Waals surface area contributed by atoms with Gasteiger partial charge in [0.05, 0.1) is 20.3 Å². The molecule has 1 aliphatic rings. The summed E-state index contributed by atoms with van der Waals surface area (Å²) >= 11 is 0. The van der Waals surface area contributed by atoms with Gasteiger partial charge in [0.15, 0.2) is 11.5 Å². The minimum atomic E-state index is -0.0205. The highest BCUT2D eigenvalue weighted by Gasteiger charge is 2.26. The average Bonchev–Trinajstić information content (AvgIpc) is 2.35. The molecule has 1 fully saturated rings. The Hall–Kier alpha value is -1.71. The molecule has 4 nitrogen and oxygen atoms in total. The molecule has 104 valence electrons. The van der Waals surface area contributed by atoms with E-state index in [1.165, 1.54) is 6.42 Å². The Morgan fingerprint density at radius 2 is 1.95 bits per heavy atom. The van der Waals surface area contributed by atoms with Gasteiger partial charge in [-0.25, -0.2) is 0 Å². The van der Waals surface area contributed by atoms with Crippen LogP contribution in [0.1, 0.15) is 37.8 Å². The predicted molar refractivity (Wildman–Crippen MR) is 73.4 cm³/mol. The third-order valence-electron chi connectivity index (χ3n) is 3.74. The number of carbonyl (C=O) groups excluding carboxylic acids is 1. The van der Waals surface area contributed by atoms with Crippen molar-refractivity contribution in [3.63, 3.8) is 0 Å². The number of hydrogen-bond donors (Lipinski definition) is 1. The maximum atomic E-state index is 11.9. The van der Waals surface area contributed by atoms with Crippen LogP contribution >= 0.6 is 0 Å². The normalized spacial score (nSPS) is 16.4. The van der Waals surface area contributed by atoms with Crippen LogP contribution in [0.4, 0.5) is 0 Å². The molecule has 0 heterocycles. The number of carbonyl (C=O) groups is 1. The summed E-state index contributed by atoms with van der Waals surface area (Å²) in [6.45, 7) is 1.98. The Balaban J connectivity index is 2.05. The lowest BCUT2D eigenvalue weighted by Crippen LogP contribution is -2.35. The van der Waals surface area contributed by atoms with Gasteiger partial charge in [0.2, 0.25) is 5.91 Å². The lowest BCUT2D eigenvalue weighted by atomic mass is 9.84. The second-order valence-corrected chi connectivity index (χ2v) is 4.97. The Kier molecular flexibility index (Phi) is 4.30. The molecule has 0 aliphatic heterocycles. The number of ether oxygens (including phenoxy) is 2. The SMILES string of the molecule is COc1ccc(C(C)NC(=O)C2CCC2)cc1OC. The molecule has 1 amide bonds. The highest BCUT2D eigenvalue weighted by Crippen LogP contribution is 2.31. The maximum Gasteiger partial charge on any atom is 0.223 e. The molecule has 0 spiro atoms. The van der Waals surface area contributed by atoms with E-state index >= 15 is 0 Å². The predicted octanol–water partition coefficient (Wildman–Crippen LogP) is 2.68. The topological polar surface area (TPSA) is 47.6 Å². The van der Waals surface area contributed by atoms with Crippen LogP contribution in [-0.4, -0.2) is 20.1 Å². The molecule has 1 aromatic carbocycles. The van der Waals surface area contributed by atoms with Crippen molar-refractivity contribution in [2.24, 2.45) is 5.92 Å². The lowest BCUT2D eigenvalue weighted by molar-refractivity contribution is -0.128. The van der Waals surface area contributed by atoms with Gasteiger partial charge in [-0.3, -0.25) is 4.79 Å². The third-order valence-corrected chi connectivity index (χ3v) is 3.74. The molecule has 0 saturated heterocycles. The summed E-state index contributed by atoms with van der Waals surface area (Å²) in [4.78, 5) is 11.9. The van der Waals surface area contributed by atoms with Crippen LogP contribution in [-0.2, 0) is 4.79 Å². The Morgan fingerprint density at radius 1 is 1.26 bits per heavy atom. The van der Waals surface area contributed by atoms with Crippen LogP contribution in [0.5, 0.6) is 11.5 Å². The van der Waals surface area contributed by atoms with Crippen LogP contribution < -0.4 is 14.8 Å². The molecular weight excluding hydrogens is 242 g/mol. The van der Waals surface area contributed by atoms with Crippen molar-refractivity contribution in [2.45, 2.75) is 32.2 Å². The van der Waals surface area contributed by atoms with Gasteiger partial charge in [-0.15, -0.1) is 0 Å². The molecule has 1 aromatic rings. The molecule has 0 bridgehead atoms. The summed E-state index contributed by atoms with van der Waals surface area (Å²) in [5, 5.41) is 3.05. The van der Waals surface area contributed by atoms with Crippen LogP contribution in [0.2, 0.25) is 0 Å². The first-order valence-corrected chi connectivity index (χ1v) is 6.68. The van der Waals surface area contributed by atoms with Crippen molar-refractivity contribution in [1.82, 2.24) is 5.32 Å². The number of amides is 1. The highest BCUT2D eigenvalue weighted by atomic mass is 16.5. The van der Waals surface area contributed by atoms with Crippen LogP contribution in [0.15, 0.2) is 18.2 Å². The van der Waals surface area contributed by atoms with Crippen LogP contribution in [0.3, 0.4) is 0 Å². The van der Waals surface area contributed by atoms with Gasteiger partial charge >= 0.3 is 0 Å². The first kappa shape index (κ1) is 13.7. The fourth-order valence-corrected chi connectivity index (χ4v) is 2.21. The van der Waals surface area contributed by atoms with E-state index in [1.54, 1.807) is 14.2 Å².